The Hall–Kier alpha value is -2.96. The molecule has 1 aliphatic heterocycles. The minimum atomic E-state index is -0.0457. The topological polar surface area (TPSA) is 42.4 Å². The van der Waals surface area contributed by atoms with E-state index in [9.17, 15) is 4.79 Å². The fourth-order valence-electron chi connectivity index (χ4n) is 3.60. The Bertz CT molecular complexity index is 1220. The standard InChI is InChI=1S/C25H19BrN2O2S/c26-20-9-6-18(7-10-20)14-28-22-13-19(8-11-23(22)30-15-25(28)29)21-16-31-24(27-21)12-17-4-2-1-3-5-17/h1-11,13,16H,12,14-15H2. The first kappa shape index (κ1) is 20.0. The van der Waals surface area contributed by atoms with E-state index in [0.717, 1.165) is 44.2 Å². The Kier molecular flexibility index (Phi) is 5.57. The van der Waals surface area contributed by atoms with Crippen molar-refractivity contribution in [2.45, 2.75) is 13.0 Å². The van der Waals surface area contributed by atoms with Crippen molar-refractivity contribution >= 4 is 38.9 Å². The van der Waals surface area contributed by atoms with Crippen molar-refractivity contribution in [3.05, 3.63) is 98.8 Å². The maximum absolute atomic E-state index is 12.7. The summed E-state index contributed by atoms with van der Waals surface area (Å²) < 4.78 is 6.70. The van der Waals surface area contributed by atoms with E-state index in [1.807, 2.05) is 60.7 Å². The third-order valence-corrected chi connectivity index (χ3v) is 6.58. The lowest BCUT2D eigenvalue weighted by Gasteiger charge is -2.30. The Morgan fingerprint density at radius 2 is 1.81 bits per heavy atom. The Balaban J connectivity index is 1.43. The normalized spacial score (nSPS) is 13.1. The number of nitrogens with zero attached hydrogens (tertiary/aromatic N) is 2. The zero-order valence-electron chi connectivity index (χ0n) is 16.6. The third-order valence-electron chi connectivity index (χ3n) is 5.20. The van der Waals surface area contributed by atoms with Crippen LogP contribution in [0, 0.1) is 0 Å². The summed E-state index contributed by atoms with van der Waals surface area (Å²) in [6.07, 6.45) is 0.813. The minimum absolute atomic E-state index is 0.0457. The highest BCUT2D eigenvalue weighted by Gasteiger charge is 2.26. The molecule has 3 aromatic carbocycles. The van der Waals surface area contributed by atoms with Crippen LogP contribution in [0.15, 0.2) is 82.6 Å². The average Bonchev–Trinajstić information content (AvgIpc) is 3.26. The second-order valence-electron chi connectivity index (χ2n) is 7.37. The summed E-state index contributed by atoms with van der Waals surface area (Å²) in [6, 6.07) is 24.3. The number of amides is 1. The Labute approximate surface area is 193 Å². The highest BCUT2D eigenvalue weighted by Crippen LogP contribution is 2.37. The zero-order valence-corrected chi connectivity index (χ0v) is 19.0. The van der Waals surface area contributed by atoms with Crippen molar-refractivity contribution in [1.29, 1.82) is 0 Å². The van der Waals surface area contributed by atoms with Gasteiger partial charge in [0.25, 0.3) is 5.91 Å². The van der Waals surface area contributed by atoms with Gasteiger partial charge in [0.05, 0.1) is 22.9 Å². The summed E-state index contributed by atoms with van der Waals surface area (Å²) in [7, 11) is 0. The first-order valence-corrected chi connectivity index (χ1v) is 11.6. The van der Waals surface area contributed by atoms with Gasteiger partial charge in [0.15, 0.2) is 6.61 Å². The number of anilines is 1. The summed E-state index contributed by atoms with van der Waals surface area (Å²) in [4.78, 5) is 19.3. The molecule has 0 spiro atoms. The number of carbonyl (C=O) groups is 1. The highest BCUT2D eigenvalue weighted by atomic mass is 79.9. The molecular weight excluding hydrogens is 472 g/mol. The van der Waals surface area contributed by atoms with Gasteiger partial charge in [0, 0.05) is 21.8 Å². The van der Waals surface area contributed by atoms with Gasteiger partial charge >= 0.3 is 0 Å². The van der Waals surface area contributed by atoms with Crippen molar-refractivity contribution < 1.29 is 9.53 Å². The molecule has 4 nitrogen and oxygen atoms in total. The van der Waals surface area contributed by atoms with E-state index in [4.69, 9.17) is 9.72 Å². The van der Waals surface area contributed by atoms with E-state index in [-0.39, 0.29) is 12.5 Å². The van der Waals surface area contributed by atoms with Gasteiger partial charge in [-0.3, -0.25) is 4.79 Å². The van der Waals surface area contributed by atoms with Crippen LogP contribution in [0.25, 0.3) is 11.3 Å². The molecule has 1 amide bonds. The molecule has 0 bridgehead atoms. The van der Waals surface area contributed by atoms with Gasteiger partial charge in [0.2, 0.25) is 0 Å². The van der Waals surface area contributed by atoms with E-state index in [2.05, 4.69) is 33.4 Å². The fraction of sp³-hybridized carbons (Fsp3) is 0.120. The van der Waals surface area contributed by atoms with Crippen LogP contribution in [0.4, 0.5) is 5.69 Å². The van der Waals surface area contributed by atoms with E-state index < -0.39 is 0 Å². The van der Waals surface area contributed by atoms with Crippen LogP contribution in [-0.2, 0) is 17.8 Å². The van der Waals surface area contributed by atoms with Crippen LogP contribution in [0.2, 0.25) is 0 Å². The lowest BCUT2D eigenvalue weighted by Crippen LogP contribution is -2.38. The second-order valence-corrected chi connectivity index (χ2v) is 9.22. The summed E-state index contributed by atoms with van der Waals surface area (Å²) >= 11 is 5.11. The number of aromatic nitrogens is 1. The van der Waals surface area contributed by atoms with E-state index in [1.54, 1.807) is 16.2 Å². The molecule has 0 fully saturated rings. The highest BCUT2D eigenvalue weighted by molar-refractivity contribution is 9.10. The second kappa shape index (κ2) is 8.65. The predicted octanol–water partition coefficient (Wildman–Crippen LogP) is 6.09. The number of carbonyl (C=O) groups excluding carboxylic acids is 1. The molecule has 4 aromatic rings. The van der Waals surface area contributed by atoms with Crippen LogP contribution >= 0.6 is 27.3 Å². The number of thiazole rings is 1. The molecular formula is C25H19BrN2O2S. The van der Waals surface area contributed by atoms with Crippen molar-refractivity contribution in [2.24, 2.45) is 0 Å². The number of hydrogen-bond acceptors (Lipinski definition) is 4. The minimum Gasteiger partial charge on any atom is -0.482 e. The third kappa shape index (κ3) is 4.40. The predicted molar refractivity (Wildman–Crippen MR) is 128 cm³/mol. The van der Waals surface area contributed by atoms with Crippen LogP contribution < -0.4 is 9.64 Å². The molecule has 1 aliphatic rings. The number of ether oxygens (including phenoxy) is 1. The van der Waals surface area contributed by atoms with Crippen molar-refractivity contribution in [3.8, 4) is 17.0 Å². The molecule has 0 atom stereocenters. The Morgan fingerprint density at radius 1 is 1.00 bits per heavy atom. The number of benzene rings is 3. The van der Waals surface area contributed by atoms with Crippen molar-refractivity contribution in [2.75, 3.05) is 11.5 Å². The van der Waals surface area contributed by atoms with E-state index in [1.165, 1.54) is 5.56 Å². The lowest BCUT2D eigenvalue weighted by atomic mass is 10.1. The molecule has 5 rings (SSSR count). The molecule has 31 heavy (non-hydrogen) atoms. The first-order chi connectivity index (χ1) is 15.2. The molecule has 0 N–H and O–H groups in total. The quantitative estimate of drug-likeness (QED) is 0.340. The smallest absolute Gasteiger partial charge is 0.265 e. The summed E-state index contributed by atoms with van der Waals surface area (Å²) in [6.45, 7) is 0.559. The van der Waals surface area contributed by atoms with Crippen molar-refractivity contribution in [3.63, 3.8) is 0 Å². The van der Waals surface area contributed by atoms with Crippen LogP contribution in [0.5, 0.6) is 5.75 Å². The molecule has 0 radical (unpaired) electrons. The van der Waals surface area contributed by atoms with Crippen molar-refractivity contribution in [1.82, 2.24) is 4.98 Å². The molecule has 1 aromatic heterocycles. The number of hydrogen-bond donors (Lipinski definition) is 0. The van der Waals surface area contributed by atoms with Gasteiger partial charge < -0.3 is 9.64 Å². The Morgan fingerprint density at radius 3 is 2.61 bits per heavy atom. The maximum Gasteiger partial charge on any atom is 0.265 e. The number of rotatable bonds is 5. The summed E-state index contributed by atoms with van der Waals surface area (Å²) in [5.74, 6) is 0.677. The fourth-order valence-corrected chi connectivity index (χ4v) is 4.70. The van der Waals surface area contributed by atoms with E-state index >= 15 is 0 Å². The van der Waals surface area contributed by atoms with E-state index in [0.29, 0.717) is 6.54 Å². The molecule has 0 saturated carbocycles. The molecule has 2 heterocycles. The van der Waals surface area contributed by atoms with Gasteiger partial charge in [-0.2, -0.15) is 0 Å². The SMILES string of the molecule is O=C1COc2ccc(-c3csc(Cc4ccccc4)n3)cc2N1Cc1ccc(Br)cc1. The molecule has 6 heteroatoms. The molecule has 0 saturated heterocycles. The molecule has 0 aliphatic carbocycles. The largest absolute Gasteiger partial charge is 0.482 e. The lowest BCUT2D eigenvalue weighted by molar-refractivity contribution is -0.121. The summed E-state index contributed by atoms with van der Waals surface area (Å²) in [5, 5.41) is 3.14. The average molecular weight is 491 g/mol. The number of halogens is 1. The first-order valence-electron chi connectivity index (χ1n) is 9.96. The monoisotopic (exact) mass is 490 g/mol. The zero-order chi connectivity index (χ0) is 21.2. The molecule has 154 valence electrons. The number of fused-ring (bicyclic) bond motifs is 1. The van der Waals surface area contributed by atoms with Gasteiger partial charge in [-0.25, -0.2) is 4.98 Å². The molecule has 0 unspecified atom stereocenters. The van der Waals surface area contributed by atoms with Gasteiger partial charge in [-0.05, 0) is 41.5 Å². The van der Waals surface area contributed by atoms with Crippen LogP contribution in [0.3, 0.4) is 0 Å². The summed E-state index contributed by atoms with van der Waals surface area (Å²) in [5.41, 5.74) is 4.99. The van der Waals surface area contributed by atoms with Gasteiger partial charge in [-0.1, -0.05) is 58.4 Å². The maximum atomic E-state index is 12.7. The van der Waals surface area contributed by atoms with Crippen LogP contribution in [0.1, 0.15) is 16.1 Å². The van der Waals surface area contributed by atoms with Gasteiger partial charge in [-0.15, -0.1) is 11.3 Å². The van der Waals surface area contributed by atoms with Crippen LogP contribution in [-0.4, -0.2) is 17.5 Å². The van der Waals surface area contributed by atoms with Gasteiger partial charge in [0.1, 0.15) is 5.75 Å².